The van der Waals surface area contributed by atoms with E-state index >= 15 is 0 Å². The van der Waals surface area contributed by atoms with Crippen LogP contribution in [0.1, 0.15) is 35.3 Å². The first-order valence-corrected chi connectivity index (χ1v) is 14.9. The van der Waals surface area contributed by atoms with Crippen LogP contribution in [-0.2, 0) is 39.7 Å². The molecule has 0 aliphatic heterocycles. The molecule has 47 heavy (non-hydrogen) atoms. The van der Waals surface area contributed by atoms with Crippen LogP contribution in [0.2, 0.25) is 0 Å². The summed E-state index contributed by atoms with van der Waals surface area (Å²) in [5.41, 5.74) is 4.68. The monoisotopic (exact) mass is 648 g/mol. The van der Waals surface area contributed by atoms with Crippen molar-refractivity contribution in [3.63, 3.8) is 0 Å². The summed E-state index contributed by atoms with van der Waals surface area (Å²) < 4.78 is 41.8. The summed E-state index contributed by atoms with van der Waals surface area (Å²) in [6.07, 6.45) is -0.297. The van der Waals surface area contributed by atoms with Gasteiger partial charge in [-0.25, -0.2) is 14.4 Å². The molecule has 3 aromatic rings. The van der Waals surface area contributed by atoms with Crippen molar-refractivity contribution in [1.29, 1.82) is 0 Å². The standard InChI is InChI=1S/C35H36O12/c1-23(2)33(37)43-18-16-41-14-12-40-13-15-42-17-19-44-35(39)47-28-6-4-25(5-7-28)34(38)46-30-9-11-32-27(22-30)20-26-21-29(45-24(3)36)8-10-31(26)32/h4-11,21-22H,1,12-20H2,2-3H3. The number of carbonyl (C=O) groups excluding carboxylic acids is 4. The zero-order chi connectivity index (χ0) is 33.6. The molecule has 0 heterocycles. The Bertz CT molecular complexity index is 1580. The number of esters is 3. The Hall–Kier alpha value is -5.04. The lowest BCUT2D eigenvalue weighted by Gasteiger charge is -2.09. The largest absolute Gasteiger partial charge is 0.513 e. The van der Waals surface area contributed by atoms with E-state index in [1.165, 1.54) is 31.2 Å². The minimum Gasteiger partial charge on any atom is -0.460 e. The maximum absolute atomic E-state index is 12.7. The molecule has 12 nitrogen and oxygen atoms in total. The molecule has 0 unspecified atom stereocenters. The second-order valence-electron chi connectivity index (χ2n) is 10.3. The van der Waals surface area contributed by atoms with Gasteiger partial charge in [0.1, 0.15) is 30.5 Å². The highest BCUT2D eigenvalue weighted by molar-refractivity contribution is 5.91. The third kappa shape index (κ3) is 11.1. The van der Waals surface area contributed by atoms with E-state index in [0.717, 1.165) is 22.3 Å². The second-order valence-corrected chi connectivity index (χ2v) is 10.3. The van der Waals surface area contributed by atoms with Crippen LogP contribution < -0.4 is 14.2 Å². The van der Waals surface area contributed by atoms with Crippen LogP contribution in [0.4, 0.5) is 4.79 Å². The van der Waals surface area contributed by atoms with Crippen LogP contribution in [0, 0.1) is 0 Å². The number of hydrogen-bond donors (Lipinski definition) is 0. The molecule has 0 atom stereocenters. The fraction of sp³-hybridized carbons (Fsp3) is 0.314. The molecule has 0 bridgehead atoms. The zero-order valence-electron chi connectivity index (χ0n) is 26.2. The van der Waals surface area contributed by atoms with Crippen molar-refractivity contribution in [2.75, 3.05) is 52.9 Å². The molecule has 4 rings (SSSR count). The molecular weight excluding hydrogens is 612 g/mol. The predicted octanol–water partition coefficient (Wildman–Crippen LogP) is 5.09. The van der Waals surface area contributed by atoms with Gasteiger partial charge in [0.2, 0.25) is 0 Å². The van der Waals surface area contributed by atoms with Crippen LogP contribution in [-0.4, -0.2) is 76.9 Å². The average molecular weight is 649 g/mol. The van der Waals surface area contributed by atoms with Crippen molar-refractivity contribution in [3.8, 4) is 28.4 Å². The number of hydrogen-bond acceptors (Lipinski definition) is 12. The highest BCUT2D eigenvalue weighted by atomic mass is 16.7. The SMILES string of the molecule is C=C(C)C(=O)OCCOCCOCCOCCOC(=O)Oc1ccc(C(=O)Oc2ccc3c(c2)Cc2cc(OC(C)=O)ccc2-3)cc1. The number of benzene rings is 3. The van der Waals surface area contributed by atoms with Gasteiger partial charge in [-0.05, 0) is 84.1 Å². The van der Waals surface area contributed by atoms with Crippen LogP contribution in [0.25, 0.3) is 11.1 Å². The normalized spacial score (nSPS) is 11.2. The molecule has 0 saturated heterocycles. The third-order valence-electron chi connectivity index (χ3n) is 6.59. The molecule has 248 valence electrons. The first kappa shape index (κ1) is 34.8. The van der Waals surface area contributed by atoms with E-state index in [1.54, 1.807) is 19.1 Å². The summed E-state index contributed by atoms with van der Waals surface area (Å²) in [7, 11) is 0. The van der Waals surface area contributed by atoms with E-state index < -0.39 is 18.1 Å². The Balaban J connectivity index is 1.08. The first-order valence-electron chi connectivity index (χ1n) is 14.9. The molecule has 0 spiro atoms. The summed E-state index contributed by atoms with van der Waals surface area (Å²) >= 11 is 0. The van der Waals surface area contributed by atoms with Crippen LogP contribution >= 0.6 is 0 Å². The Labute approximate surface area is 272 Å². The Morgan fingerprint density at radius 1 is 0.596 bits per heavy atom. The van der Waals surface area contributed by atoms with Gasteiger partial charge in [-0.2, -0.15) is 0 Å². The lowest BCUT2D eigenvalue weighted by Crippen LogP contribution is -2.16. The molecule has 0 N–H and O–H groups in total. The van der Waals surface area contributed by atoms with Crippen molar-refractivity contribution >= 4 is 24.1 Å². The molecule has 3 aromatic carbocycles. The number of fused-ring (bicyclic) bond motifs is 3. The smallest absolute Gasteiger partial charge is 0.460 e. The van der Waals surface area contributed by atoms with Crippen molar-refractivity contribution < 1.29 is 57.1 Å². The summed E-state index contributed by atoms with van der Waals surface area (Å²) in [6, 6.07) is 16.8. The topological polar surface area (TPSA) is 142 Å². The van der Waals surface area contributed by atoms with Crippen molar-refractivity contribution in [1.82, 2.24) is 0 Å². The van der Waals surface area contributed by atoms with Gasteiger partial charge in [0.25, 0.3) is 0 Å². The van der Waals surface area contributed by atoms with E-state index in [0.29, 0.717) is 49.9 Å². The van der Waals surface area contributed by atoms with Gasteiger partial charge in [0.15, 0.2) is 0 Å². The fourth-order valence-electron chi connectivity index (χ4n) is 4.45. The molecule has 12 heteroatoms. The first-order chi connectivity index (χ1) is 22.7. The highest BCUT2D eigenvalue weighted by Gasteiger charge is 2.21. The summed E-state index contributed by atoms with van der Waals surface area (Å²) in [5, 5.41) is 0. The number of carbonyl (C=O) groups is 4. The number of ether oxygens (including phenoxy) is 8. The summed E-state index contributed by atoms with van der Waals surface area (Å²) in [6.45, 7) is 8.28. The van der Waals surface area contributed by atoms with Crippen molar-refractivity contribution in [2.24, 2.45) is 0 Å². The predicted molar refractivity (Wildman–Crippen MR) is 168 cm³/mol. The van der Waals surface area contributed by atoms with Crippen LogP contribution in [0.5, 0.6) is 17.2 Å². The fourth-order valence-corrected chi connectivity index (χ4v) is 4.45. The van der Waals surface area contributed by atoms with E-state index in [4.69, 9.17) is 37.9 Å². The second kappa shape index (κ2) is 17.6. The minimum absolute atomic E-state index is 0.0194. The summed E-state index contributed by atoms with van der Waals surface area (Å²) in [5.74, 6) is -0.325. The maximum Gasteiger partial charge on any atom is 0.513 e. The molecule has 0 saturated carbocycles. The quantitative estimate of drug-likeness (QED) is 0.0495. The van der Waals surface area contributed by atoms with Crippen molar-refractivity contribution in [3.05, 3.63) is 89.5 Å². The van der Waals surface area contributed by atoms with Gasteiger partial charge in [-0.15, -0.1) is 0 Å². The van der Waals surface area contributed by atoms with E-state index in [2.05, 4.69) is 6.58 Å². The lowest BCUT2D eigenvalue weighted by molar-refractivity contribution is -0.140. The van der Waals surface area contributed by atoms with E-state index in [1.807, 2.05) is 24.3 Å². The average Bonchev–Trinajstić information content (AvgIpc) is 3.39. The molecule has 0 aromatic heterocycles. The zero-order valence-corrected chi connectivity index (χ0v) is 26.2. The van der Waals surface area contributed by atoms with Gasteiger partial charge in [-0.1, -0.05) is 18.7 Å². The maximum atomic E-state index is 12.7. The molecule has 0 amide bonds. The Morgan fingerprint density at radius 3 is 1.62 bits per heavy atom. The van der Waals surface area contributed by atoms with Crippen LogP contribution in [0.15, 0.2) is 72.8 Å². The van der Waals surface area contributed by atoms with Gasteiger partial charge < -0.3 is 37.9 Å². The molecule has 1 aliphatic carbocycles. The van der Waals surface area contributed by atoms with E-state index in [9.17, 15) is 19.2 Å². The van der Waals surface area contributed by atoms with Gasteiger partial charge in [0, 0.05) is 12.5 Å². The Morgan fingerprint density at radius 2 is 1.09 bits per heavy atom. The lowest BCUT2D eigenvalue weighted by atomic mass is 10.1. The van der Waals surface area contributed by atoms with E-state index in [-0.39, 0.29) is 43.7 Å². The summed E-state index contributed by atoms with van der Waals surface area (Å²) in [4.78, 5) is 47.2. The van der Waals surface area contributed by atoms with Gasteiger partial charge >= 0.3 is 24.1 Å². The highest BCUT2D eigenvalue weighted by Crippen LogP contribution is 2.40. The molecule has 0 fully saturated rings. The third-order valence-corrected chi connectivity index (χ3v) is 6.59. The number of rotatable bonds is 17. The molecule has 0 radical (unpaired) electrons. The molecule has 1 aliphatic rings. The Kier molecular flexibility index (Phi) is 13.0. The van der Waals surface area contributed by atoms with Gasteiger partial charge in [0.05, 0.1) is 45.2 Å². The van der Waals surface area contributed by atoms with Crippen molar-refractivity contribution in [2.45, 2.75) is 20.3 Å². The van der Waals surface area contributed by atoms with Crippen LogP contribution in [0.3, 0.4) is 0 Å². The minimum atomic E-state index is -0.912. The molecular formula is C35H36O12. The van der Waals surface area contributed by atoms with Gasteiger partial charge in [-0.3, -0.25) is 4.79 Å².